The van der Waals surface area contributed by atoms with Crippen molar-refractivity contribution in [2.45, 2.75) is 0 Å². The van der Waals surface area contributed by atoms with Crippen LogP contribution in [-0.2, 0) is 4.74 Å². The van der Waals surface area contributed by atoms with Crippen LogP contribution < -0.4 is 0 Å². The largest absolute Gasteiger partial charge is 0.464 e. The van der Waals surface area contributed by atoms with Crippen molar-refractivity contribution in [2.75, 3.05) is 7.11 Å². The molecule has 8 heteroatoms. The Hall–Kier alpha value is -2.22. The van der Waals surface area contributed by atoms with E-state index in [9.17, 15) is 14.9 Å². The van der Waals surface area contributed by atoms with Crippen LogP contribution in [0.4, 0.5) is 5.69 Å². The van der Waals surface area contributed by atoms with Gasteiger partial charge in [-0.25, -0.2) is 9.48 Å². The van der Waals surface area contributed by atoms with Crippen LogP contribution in [0.25, 0.3) is 5.69 Å². The van der Waals surface area contributed by atoms with E-state index in [1.807, 2.05) is 0 Å². The maximum absolute atomic E-state index is 11.4. The smallest absolute Gasteiger partial charge is 0.365 e. The summed E-state index contributed by atoms with van der Waals surface area (Å²) in [7, 11) is 1.14. The van der Waals surface area contributed by atoms with E-state index in [0.717, 1.165) is 11.6 Å². The second kappa shape index (κ2) is 5.19. The van der Waals surface area contributed by atoms with Gasteiger partial charge in [0.2, 0.25) is 5.69 Å². The summed E-state index contributed by atoms with van der Waals surface area (Å²) in [6, 6.07) is 6.95. The molecule has 0 spiro atoms. The van der Waals surface area contributed by atoms with Gasteiger partial charge < -0.3 is 4.74 Å². The monoisotopic (exact) mass is 325 g/mol. The molecule has 0 unspecified atom stereocenters. The third-order valence-electron chi connectivity index (χ3n) is 2.36. The Balaban J connectivity index is 2.51. The summed E-state index contributed by atoms with van der Waals surface area (Å²) in [5.41, 5.74) is -0.119. The molecule has 1 aromatic carbocycles. The molecule has 0 aliphatic rings. The van der Waals surface area contributed by atoms with Crippen molar-refractivity contribution in [3.8, 4) is 5.69 Å². The van der Waals surface area contributed by atoms with E-state index in [4.69, 9.17) is 0 Å². The van der Waals surface area contributed by atoms with Gasteiger partial charge in [-0.05, 0) is 24.3 Å². The molecule has 19 heavy (non-hydrogen) atoms. The fourth-order valence-corrected chi connectivity index (χ4v) is 1.73. The lowest BCUT2D eigenvalue weighted by atomic mass is 10.3. The van der Waals surface area contributed by atoms with Crippen LogP contribution >= 0.6 is 15.9 Å². The van der Waals surface area contributed by atoms with E-state index in [-0.39, 0.29) is 5.69 Å². The standard InChI is InChI=1S/C11H8BrN3O4/c1-19-11(16)10-9(15(17)18)6-14(13-10)8-4-2-7(12)3-5-8/h2-6H,1H3. The lowest BCUT2D eigenvalue weighted by molar-refractivity contribution is -0.385. The Labute approximate surface area is 116 Å². The van der Waals surface area contributed by atoms with E-state index >= 15 is 0 Å². The highest BCUT2D eigenvalue weighted by Gasteiger charge is 2.26. The number of rotatable bonds is 3. The van der Waals surface area contributed by atoms with E-state index in [1.54, 1.807) is 24.3 Å². The molecule has 7 nitrogen and oxygen atoms in total. The zero-order chi connectivity index (χ0) is 14.0. The van der Waals surface area contributed by atoms with Crippen molar-refractivity contribution in [3.05, 3.63) is 50.7 Å². The number of esters is 1. The SMILES string of the molecule is COC(=O)c1nn(-c2ccc(Br)cc2)cc1[N+](=O)[O-]. The number of nitro groups is 1. The Kier molecular flexibility index (Phi) is 3.61. The first-order valence-corrected chi connectivity index (χ1v) is 5.90. The Morgan fingerprint density at radius 2 is 2.05 bits per heavy atom. The molecule has 0 saturated carbocycles. The number of hydrogen-bond donors (Lipinski definition) is 0. The van der Waals surface area contributed by atoms with Crippen molar-refractivity contribution >= 4 is 27.6 Å². The lowest BCUT2D eigenvalue weighted by Crippen LogP contribution is -2.06. The Morgan fingerprint density at radius 3 is 2.58 bits per heavy atom. The minimum atomic E-state index is -0.845. The molecule has 0 bridgehead atoms. The Morgan fingerprint density at radius 1 is 1.42 bits per heavy atom. The molecule has 2 rings (SSSR count). The predicted octanol–water partition coefficient (Wildman–Crippen LogP) is 2.33. The topological polar surface area (TPSA) is 87.3 Å². The fourth-order valence-electron chi connectivity index (χ4n) is 1.47. The predicted molar refractivity (Wildman–Crippen MR) is 69.3 cm³/mol. The van der Waals surface area contributed by atoms with Gasteiger partial charge in [-0.3, -0.25) is 10.1 Å². The van der Waals surface area contributed by atoms with Crippen LogP contribution in [0.5, 0.6) is 0 Å². The van der Waals surface area contributed by atoms with Crippen LogP contribution in [0.1, 0.15) is 10.5 Å². The molecule has 98 valence electrons. The molecule has 1 heterocycles. The van der Waals surface area contributed by atoms with E-state index in [2.05, 4.69) is 25.8 Å². The molecule has 0 fully saturated rings. The summed E-state index contributed by atoms with van der Waals surface area (Å²) in [6.07, 6.45) is 1.18. The number of hydrogen-bond acceptors (Lipinski definition) is 5. The summed E-state index contributed by atoms with van der Waals surface area (Å²) >= 11 is 3.28. The average molecular weight is 326 g/mol. The number of aromatic nitrogens is 2. The summed E-state index contributed by atoms with van der Waals surface area (Å²) in [5, 5.41) is 14.8. The van der Waals surface area contributed by atoms with E-state index in [0.29, 0.717) is 5.69 Å². The molecule has 0 saturated heterocycles. The second-order valence-corrected chi connectivity index (χ2v) is 4.45. The van der Waals surface area contributed by atoms with Gasteiger partial charge in [0.05, 0.1) is 17.7 Å². The third-order valence-corrected chi connectivity index (χ3v) is 2.89. The first-order chi connectivity index (χ1) is 9.02. The highest BCUT2D eigenvalue weighted by atomic mass is 79.9. The molecule has 0 aliphatic heterocycles. The molecule has 2 aromatic rings. The lowest BCUT2D eigenvalue weighted by Gasteiger charge is -1.99. The molecular weight excluding hydrogens is 318 g/mol. The van der Waals surface area contributed by atoms with Gasteiger partial charge in [-0.1, -0.05) is 15.9 Å². The van der Waals surface area contributed by atoms with Gasteiger partial charge in [0.25, 0.3) is 0 Å². The number of carbonyl (C=O) groups is 1. The minimum Gasteiger partial charge on any atom is -0.464 e. The van der Waals surface area contributed by atoms with Gasteiger partial charge in [-0.2, -0.15) is 5.10 Å². The van der Waals surface area contributed by atoms with Crippen molar-refractivity contribution in [2.24, 2.45) is 0 Å². The van der Waals surface area contributed by atoms with Crippen LogP contribution in [0.2, 0.25) is 0 Å². The van der Waals surface area contributed by atoms with E-state index in [1.165, 1.54) is 10.9 Å². The summed E-state index contributed by atoms with van der Waals surface area (Å²) in [5.74, 6) is -0.845. The summed E-state index contributed by atoms with van der Waals surface area (Å²) in [4.78, 5) is 21.6. The van der Waals surface area contributed by atoms with Gasteiger partial charge in [0.15, 0.2) is 0 Å². The van der Waals surface area contributed by atoms with Crippen molar-refractivity contribution in [1.29, 1.82) is 0 Å². The quantitative estimate of drug-likeness (QED) is 0.491. The summed E-state index contributed by atoms with van der Waals surface area (Å²) in [6.45, 7) is 0. The maximum Gasteiger partial charge on any atom is 0.365 e. The highest BCUT2D eigenvalue weighted by Crippen LogP contribution is 2.21. The van der Waals surface area contributed by atoms with Gasteiger partial charge in [0, 0.05) is 4.47 Å². The first-order valence-electron chi connectivity index (χ1n) is 5.11. The molecule has 0 radical (unpaired) electrons. The number of ether oxygens (including phenoxy) is 1. The third kappa shape index (κ3) is 2.63. The minimum absolute atomic E-state index is 0.324. The molecular formula is C11H8BrN3O4. The van der Waals surface area contributed by atoms with Crippen molar-refractivity contribution < 1.29 is 14.5 Å². The second-order valence-electron chi connectivity index (χ2n) is 3.53. The normalized spacial score (nSPS) is 10.2. The van der Waals surface area contributed by atoms with Gasteiger partial charge in [-0.15, -0.1) is 0 Å². The number of nitrogens with zero attached hydrogens (tertiary/aromatic N) is 3. The van der Waals surface area contributed by atoms with E-state index < -0.39 is 16.6 Å². The van der Waals surface area contributed by atoms with Gasteiger partial charge in [0.1, 0.15) is 6.20 Å². The average Bonchev–Trinajstić information content (AvgIpc) is 2.84. The first kappa shape index (κ1) is 13.2. The van der Waals surface area contributed by atoms with Crippen molar-refractivity contribution in [1.82, 2.24) is 9.78 Å². The Bertz CT molecular complexity index is 636. The molecule has 0 aliphatic carbocycles. The van der Waals surface area contributed by atoms with Gasteiger partial charge >= 0.3 is 11.7 Å². The van der Waals surface area contributed by atoms with Crippen LogP contribution in [0.3, 0.4) is 0 Å². The highest BCUT2D eigenvalue weighted by molar-refractivity contribution is 9.10. The molecule has 1 aromatic heterocycles. The zero-order valence-electron chi connectivity index (χ0n) is 9.74. The zero-order valence-corrected chi connectivity index (χ0v) is 11.3. The molecule has 0 N–H and O–H groups in total. The molecule has 0 amide bonds. The van der Waals surface area contributed by atoms with Crippen LogP contribution in [0.15, 0.2) is 34.9 Å². The number of halogens is 1. The maximum atomic E-state index is 11.4. The van der Waals surface area contributed by atoms with Crippen molar-refractivity contribution in [3.63, 3.8) is 0 Å². The van der Waals surface area contributed by atoms with Crippen LogP contribution in [-0.4, -0.2) is 27.8 Å². The fraction of sp³-hybridized carbons (Fsp3) is 0.0909. The number of benzene rings is 1. The molecule has 0 atom stereocenters. The number of carbonyl (C=O) groups excluding carboxylic acids is 1. The summed E-state index contributed by atoms with van der Waals surface area (Å²) < 4.78 is 6.60. The van der Waals surface area contributed by atoms with Crippen LogP contribution in [0, 0.1) is 10.1 Å². The number of methoxy groups -OCH3 is 1.